The molecule has 1 fully saturated rings. The van der Waals surface area contributed by atoms with Gasteiger partial charge >= 0.3 is 0 Å². The SMILES string of the molecule is CSc1ccc(CNC(=O)COc2cc(C)nc(N3CCCC3)n2)cc1. The molecule has 0 aliphatic carbocycles. The van der Waals surface area contributed by atoms with E-state index in [1.807, 2.05) is 37.4 Å². The number of amides is 1. The Kier molecular flexibility index (Phi) is 6.33. The Balaban J connectivity index is 1.50. The van der Waals surface area contributed by atoms with Crippen molar-refractivity contribution in [2.24, 2.45) is 0 Å². The molecule has 6 nitrogen and oxygen atoms in total. The van der Waals surface area contributed by atoms with E-state index in [2.05, 4.69) is 20.2 Å². The van der Waals surface area contributed by atoms with Crippen LogP contribution in [-0.2, 0) is 11.3 Å². The molecule has 138 valence electrons. The van der Waals surface area contributed by atoms with Gasteiger partial charge in [0, 0.05) is 36.3 Å². The molecule has 2 heterocycles. The molecular weight excluding hydrogens is 348 g/mol. The maximum Gasteiger partial charge on any atom is 0.258 e. The first-order valence-electron chi connectivity index (χ1n) is 8.77. The van der Waals surface area contributed by atoms with E-state index >= 15 is 0 Å². The lowest BCUT2D eigenvalue weighted by molar-refractivity contribution is -0.123. The quantitative estimate of drug-likeness (QED) is 0.754. The standard InChI is InChI=1S/C19H24N4O2S/c1-14-11-18(22-19(21-14)23-9-3-4-10-23)25-13-17(24)20-12-15-5-7-16(26-2)8-6-15/h5-8,11H,3-4,9-10,12-13H2,1-2H3,(H,20,24). The fourth-order valence-electron chi connectivity index (χ4n) is 2.79. The van der Waals surface area contributed by atoms with Gasteiger partial charge in [0.2, 0.25) is 11.8 Å². The molecule has 0 bridgehead atoms. The van der Waals surface area contributed by atoms with Crippen LogP contribution < -0.4 is 15.0 Å². The summed E-state index contributed by atoms with van der Waals surface area (Å²) < 4.78 is 5.58. The number of hydrogen-bond acceptors (Lipinski definition) is 6. The molecule has 1 aromatic carbocycles. The normalized spacial score (nSPS) is 13.7. The van der Waals surface area contributed by atoms with Crippen molar-refractivity contribution in [2.45, 2.75) is 31.2 Å². The van der Waals surface area contributed by atoms with Crippen LogP contribution in [0.5, 0.6) is 5.88 Å². The Hall–Kier alpha value is -2.28. The lowest BCUT2D eigenvalue weighted by atomic mass is 10.2. The van der Waals surface area contributed by atoms with Crippen LogP contribution in [0, 0.1) is 6.92 Å². The van der Waals surface area contributed by atoms with Crippen molar-refractivity contribution in [1.82, 2.24) is 15.3 Å². The molecular formula is C19H24N4O2S. The van der Waals surface area contributed by atoms with E-state index in [1.165, 1.54) is 4.90 Å². The summed E-state index contributed by atoms with van der Waals surface area (Å²) in [5.41, 5.74) is 1.90. The highest BCUT2D eigenvalue weighted by atomic mass is 32.2. The predicted octanol–water partition coefficient (Wildman–Crippen LogP) is 2.80. The maximum absolute atomic E-state index is 12.0. The molecule has 1 aliphatic rings. The maximum atomic E-state index is 12.0. The Labute approximate surface area is 158 Å². The summed E-state index contributed by atoms with van der Waals surface area (Å²) in [6, 6.07) is 9.89. The van der Waals surface area contributed by atoms with Gasteiger partial charge in [0.05, 0.1) is 0 Å². The highest BCUT2D eigenvalue weighted by Crippen LogP contribution is 2.19. The molecule has 7 heteroatoms. The van der Waals surface area contributed by atoms with Crippen LogP contribution in [0.4, 0.5) is 5.95 Å². The number of carbonyl (C=O) groups is 1. The van der Waals surface area contributed by atoms with E-state index in [-0.39, 0.29) is 12.5 Å². The van der Waals surface area contributed by atoms with Crippen molar-refractivity contribution in [3.63, 3.8) is 0 Å². The summed E-state index contributed by atoms with van der Waals surface area (Å²) in [5, 5.41) is 2.87. The summed E-state index contributed by atoms with van der Waals surface area (Å²) in [4.78, 5) is 24.3. The third kappa shape index (κ3) is 5.11. The van der Waals surface area contributed by atoms with Crippen LogP contribution in [0.2, 0.25) is 0 Å². The predicted molar refractivity (Wildman–Crippen MR) is 104 cm³/mol. The minimum atomic E-state index is -0.169. The van der Waals surface area contributed by atoms with Gasteiger partial charge in [0.1, 0.15) is 0 Å². The number of benzene rings is 1. The number of rotatable bonds is 7. The lowest BCUT2D eigenvalue weighted by Gasteiger charge is -2.16. The van der Waals surface area contributed by atoms with Gasteiger partial charge < -0.3 is 15.0 Å². The Morgan fingerprint density at radius 3 is 2.65 bits per heavy atom. The van der Waals surface area contributed by atoms with Crippen LogP contribution in [0.1, 0.15) is 24.1 Å². The summed E-state index contributed by atoms with van der Waals surface area (Å²) in [6.07, 6.45) is 4.36. The molecule has 0 radical (unpaired) electrons. The summed E-state index contributed by atoms with van der Waals surface area (Å²) in [6.45, 7) is 4.28. The number of hydrogen-bond donors (Lipinski definition) is 1. The monoisotopic (exact) mass is 372 g/mol. The third-order valence-electron chi connectivity index (χ3n) is 4.21. The second-order valence-corrected chi connectivity index (χ2v) is 7.13. The molecule has 2 aromatic rings. The minimum Gasteiger partial charge on any atom is -0.467 e. The average molecular weight is 372 g/mol. The largest absolute Gasteiger partial charge is 0.467 e. The van der Waals surface area contributed by atoms with E-state index in [0.29, 0.717) is 18.4 Å². The molecule has 1 amide bonds. The Bertz CT molecular complexity index is 746. The molecule has 0 unspecified atom stereocenters. The van der Waals surface area contributed by atoms with Crippen LogP contribution >= 0.6 is 11.8 Å². The first kappa shape index (κ1) is 18.5. The minimum absolute atomic E-state index is 0.0568. The molecule has 0 spiro atoms. The van der Waals surface area contributed by atoms with Gasteiger partial charge in [-0.25, -0.2) is 4.98 Å². The van der Waals surface area contributed by atoms with Crippen LogP contribution in [0.3, 0.4) is 0 Å². The number of aromatic nitrogens is 2. The summed E-state index contributed by atoms with van der Waals surface area (Å²) in [7, 11) is 0. The van der Waals surface area contributed by atoms with Gasteiger partial charge in [-0.05, 0) is 43.7 Å². The highest BCUT2D eigenvalue weighted by molar-refractivity contribution is 7.98. The number of carbonyl (C=O) groups excluding carboxylic acids is 1. The van der Waals surface area contributed by atoms with E-state index in [4.69, 9.17) is 4.74 Å². The van der Waals surface area contributed by atoms with Crippen molar-refractivity contribution in [3.05, 3.63) is 41.6 Å². The van der Waals surface area contributed by atoms with Crippen LogP contribution in [0.15, 0.2) is 35.2 Å². The first-order chi connectivity index (χ1) is 12.6. The molecule has 26 heavy (non-hydrogen) atoms. The molecule has 1 aliphatic heterocycles. The average Bonchev–Trinajstić information content (AvgIpc) is 3.19. The van der Waals surface area contributed by atoms with E-state index < -0.39 is 0 Å². The fourth-order valence-corrected chi connectivity index (χ4v) is 3.20. The van der Waals surface area contributed by atoms with Gasteiger partial charge in [-0.1, -0.05) is 12.1 Å². The number of nitrogens with zero attached hydrogens (tertiary/aromatic N) is 3. The summed E-state index contributed by atoms with van der Waals surface area (Å²) >= 11 is 1.70. The number of thioether (sulfide) groups is 1. The fraction of sp³-hybridized carbons (Fsp3) is 0.421. The van der Waals surface area contributed by atoms with Crippen LogP contribution in [0.25, 0.3) is 0 Å². The van der Waals surface area contributed by atoms with Gasteiger partial charge in [-0.2, -0.15) is 4.98 Å². The molecule has 0 atom stereocenters. The smallest absolute Gasteiger partial charge is 0.258 e. The molecule has 1 N–H and O–H groups in total. The number of aryl methyl sites for hydroxylation is 1. The number of ether oxygens (including phenoxy) is 1. The van der Waals surface area contributed by atoms with Crippen LogP contribution in [-0.4, -0.2) is 41.8 Å². The second-order valence-electron chi connectivity index (χ2n) is 6.26. The van der Waals surface area contributed by atoms with Gasteiger partial charge in [0.15, 0.2) is 6.61 Å². The van der Waals surface area contributed by atoms with Crippen molar-refractivity contribution in [2.75, 3.05) is 30.9 Å². The molecule has 0 saturated carbocycles. The highest BCUT2D eigenvalue weighted by Gasteiger charge is 2.16. The first-order valence-corrected chi connectivity index (χ1v) is 9.99. The zero-order valence-electron chi connectivity index (χ0n) is 15.2. The summed E-state index contributed by atoms with van der Waals surface area (Å²) in [5.74, 6) is 0.962. The van der Waals surface area contributed by atoms with Gasteiger partial charge in [-0.3, -0.25) is 4.79 Å². The number of anilines is 1. The van der Waals surface area contributed by atoms with Gasteiger partial charge in [-0.15, -0.1) is 11.8 Å². The number of nitrogens with one attached hydrogen (secondary N) is 1. The second kappa shape index (κ2) is 8.89. The van der Waals surface area contributed by atoms with Crippen molar-refractivity contribution in [1.29, 1.82) is 0 Å². The molecule has 3 rings (SSSR count). The van der Waals surface area contributed by atoms with Crippen molar-refractivity contribution < 1.29 is 9.53 Å². The molecule has 1 saturated heterocycles. The van der Waals surface area contributed by atoms with Gasteiger partial charge in [0.25, 0.3) is 5.91 Å². The van der Waals surface area contributed by atoms with E-state index in [0.717, 1.165) is 37.2 Å². The molecule has 1 aromatic heterocycles. The Morgan fingerprint density at radius 1 is 1.23 bits per heavy atom. The zero-order chi connectivity index (χ0) is 18.4. The van der Waals surface area contributed by atoms with Crippen molar-refractivity contribution >= 4 is 23.6 Å². The zero-order valence-corrected chi connectivity index (χ0v) is 16.0. The van der Waals surface area contributed by atoms with E-state index in [9.17, 15) is 4.79 Å². The third-order valence-corrected chi connectivity index (χ3v) is 4.95. The topological polar surface area (TPSA) is 67.3 Å². The lowest BCUT2D eigenvalue weighted by Crippen LogP contribution is -2.28. The van der Waals surface area contributed by atoms with E-state index in [1.54, 1.807) is 17.8 Å². The Morgan fingerprint density at radius 2 is 1.96 bits per heavy atom. The van der Waals surface area contributed by atoms with Crippen molar-refractivity contribution in [3.8, 4) is 5.88 Å².